The molecule has 0 aromatic heterocycles. The molecule has 0 bridgehead atoms. The van der Waals surface area contributed by atoms with Gasteiger partial charge in [-0.25, -0.2) is 0 Å². The molecule has 5 nitrogen and oxygen atoms in total. The molecule has 0 heterocycles. The lowest BCUT2D eigenvalue weighted by Gasteiger charge is -2.36. The van der Waals surface area contributed by atoms with Crippen LogP contribution >= 0.6 is 0 Å². The van der Waals surface area contributed by atoms with Crippen molar-refractivity contribution in [2.45, 2.75) is 70.2 Å². The number of hydrogen-bond acceptors (Lipinski definition) is 5. The van der Waals surface area contributed by atoms with Crippen LogP contribution in [-0.2, 0) is 13.3 Å². The standard InChI is InChI=1S/C15H33NO4Si/c1-6-12(2)16-14-11-13(7-8-15(14)17)9-10-21(18-3,19-4)20-5/h12-17H,6-11H2,1-5H3. The molecule has 2 N–H and O–H groups in total. The topological polar surface area (TPSA) is 60.0 Å². The molecule has 0 radical (unpaired) electrons. The van der Waals surface area contributed by atoms with Crippen LogP contribution in [0, 0.1) is 5.92 Å². The normalized spacial score (nSPS) is 28.6. The predicted molar refractivity (Wildman–Crippen MR) is 86.2 cm³/mol. The largest absolute Gasteiger partial charge is 0.500 e. The molecule has 1 fully saturated rings. The van der Waals surface area contributed by atoms with E-state index < -0.39 is 8.80 Å². The van der Waals surface area contributed by atoms with Gasteiger partial charge in [0, 0.05) is 39.5 Å². The first-order chi connectivity index (χ1) is 10.00. The van der Waals surface area contributed by atoms with Crippen LogP contribution in [0.3, 0.4) is 0 Å². The molecule has 0 aromatic rings. The molecule has 0 aliphatic heterocycles. The Morgan fingerprint density at radius 2 is 1.81 bits per heavy atom. The zero-order valence-corrected chi connectivity index (χ0v) is 15.2. The third-order valence-electron chi connectivity index (χ3n) is 4.83. The third-order valence-corrected chi connectivity index (χ3v) is 7.59. The van der Waals surface area contributed by atoms with Gasteiger partial charge in [0.2, 0.25) is 0 Å². The average molecular weight is 320 g/mol. The van der Waals surface area contributed by atoms with E-state index in [1.807, 2.05) is 0 Å². The summed E-state index contributed by atoms with van der Waals surface area (Å²) in [4.78, 5) is 0. The number of hydrogen-bond donors (Lipinski definition) is 2. The zero-order chi connectivity index (χ0) is 15.9. The van der Waals surface area contributed by atoms with Crippen LogP contribution in [-0.4, -0.2) is 53.4 Å². The van der Waals surface area contributed by atoms with Gasteiger partial charge in [-0.3, -0.25) is 0 Å². The van der Waals surface area contributed by atoms with E-state index in [4.69, 9.17) is 13.3 Å². The molecule has 126 valence electrons. The summed E-state index contributed by atoms with van der Waals surface area (Å²) in [5, 5.41) is 13.7. The van der Waals surface area contributed by atoms with Gasteiger partial charge in [-0.2, -0.15) is 0 Å². The van der Waals surface area contributed by atoms with E-state index in [2.05, 4.69) is 19.2 Å². The molecular formula is C15H33NO4Si. The molecule has 1 aliphatic rings. The first kappa shape index (κ1) is 19.1. The Morgan fingerprint density at radius 3 is 2.33 bits per heavy atom. The van der Waals surface area contributed by atoms with Crippen molar-refractivity contribution in [2.24, 2.45) is 5.92 Å². The molecule has 21 heavy (non-hydrogen) atoms. The fourth-order valence-corrected chi connectivity index (χ4v) is 4.98. The van der Waals surface area contributed by atoms with Crippen LogP contribution in [0.5, 0.6) is 0 Å². The van der Waals surface area contributed by atoms with Crippen molar-refractivity contribution in [3.8, 4) is 0 Å². The molecule has 0 saturated heterocycles. The predicted octanol–water partition coefficient (Wildman–Crippen LogP) is 2.17. The van der Waals surface area contributed by atoms with Crippen LogP contribution < -0.4 is 5.32 Å². The molecule has 6 heteroatoms. The summed E-state index contributed by atoms with van der Waals surface area (Å²) in [6.45, 7) is 4.34. The van der Waals surface area contributed by atoms with Crippen LogP contribution in [0.25, 0.3) is 0 Å². The molecule has 4 atom stereocenters. The second-order valence-electron chi connectivity index (χ2n) is 6.16. The van der Waals surface area contributed by atoms with Crippen LogP contribution in [0.4, 0.5) is 0 Å². The summed E-state index contributed by atoms with van der Waals surface area (Å²) in [5.41, 5.74) is 0. The smallest absolute Gasteiger partial charge is 0.392 e. The van der Waals surface area contributed by atoms with Crippen molar-refractivity contribution in [3.63, 3.8) is 0 Å². The Bertz CT molecular complexity index is 281. The Labute approximate surface area is 130 Å². The first-order valence-corrected chi connectivity index (χ1v) is 10.0. The lowest BCUT2D eigenvalue weighted by molar-refractivity contribution is 0.0616. The number of aliphatic hydroxyl groups excluding tert-OH is 1. The van der Waals surface area contributed by atoms with Gasteiger partial charge in [-0.1, -0.05) is 6.92 Å². The lowest BCUT2D eigenvalue weighted by atomic mass is 9.82. The summed E-state index contributed by atoms with van der Waals surface area (Å²) in [6, 6.07) is 1.50. The highest BCUT2D eigenvalue weighted by molar-refractivity contribution is 6.60. The highest BCUT2D eigenvalue weighted by atomic mass is 28.4. The molecule has 0 aromatic carbocycles. The second-order valence-corrected chi connectivity index (χ2v) is 9.25. The van der Waals surface area contributed by atoms with Gasteiger partial charge in [0.25, 0.3) is 0 Å². The molecule has 1 saturated carbocycles. The van der Waals surface area contributed by atoms with Gasteiger partial charge in [0.15, 0.2) is 0 Å². The summed E-state index contributed by atoms with van der Waals surface area (Å²) < 4.78 is 16.5. The Balaban J connectivity index is 2.49. The number of nitrogens with one attached hydrogen (secondary N) is 1. The van der Waals surface area contributed by atoms with Crippen molar-refractivity contribution < 1.29 is 18.4 Å². The zero-order valence-electron chi connectivity index (χ0n) is 14.2. The van der Waals surface area contributed by atoms with Gasteiger partial charge in [-0.05, 0) is 44.9 Å². The quantitative estimate of drug-likeness (QED) is 0.638. The fourth-order valence-electron chi connectivity index (χ4n) is 3.10. The molecule has 1 rings (SSSR count). The van der Waals surface area contributed by atoms with Crippen LogP contribution in [0.2, 0.25) is 6.04 Å². The van der Waals surface area contributed by atoms with Crippen LogP contribution in [0.1, 0.15) is 46.0 Å². The van der Waals surface area contributed by atoms with Crippen molar-refractivity contribution >= 4 is 8.80 Å². The van der Waals surface area contributed by atoms with Gasteiger partial charge in [0.05, 0.1) is 6.10 Å². The fraction of sp³-hybridized carbons (Fsp3) is 1.00. The molecule has 1 aliphatic carbocycles. The Hall–Kier alpha value is 0.0169. The van der Waals surface area contributed by atoms with Gasteiger partial charge in [0.1, 0.15) is 0 Å². The minimum Gasteiger partial charge on any atom is -0.392 e. The number of aliphatic hydroxyl groups is 1. The Morgan fingerprint density at radius 1 is 1.19 bits per heavy atom. The monoisotopic (exact) mass is 319 g/mol. The molecule has 0 spiro atoms. The second kappa shape index (κ2) is 9.22. The average Bonchev–Trinajstić information content (AvgIpc) is 2.52. The maximum Gasteiger partial charge on any atom is 0.500 e. The lowest BCUT2D eigenvalue weighted by Crippen LogP contribution is -2.48. The van der Waals surface area contributed by atoms with Crippen molar-refractivity contribution in [3.05, 3.63) is 0 Å². The van der Waals surface area contributed by atoms with E-state index >= 15 is 0 Å². The summed E-state index contributed by atoms with van der Waals surface area (Å²) in [7, 11) is 2.53. The van der Waals surface area contributed by atoms with E-state index in [9.17, 15) is 5.11 Å². The summed E-state index contributed by atoms with van der Waals surface area (Å²) in [6.07, 6.45) is 4.87. The first-order valence-electron chi connectivity index (χ1n) is 8.09. The van der Waals surface area contributed by atoms with Crippen LogP contribution in [0.15, 0.2) is 0 Å². The van der Waals surface area contributed by atoms with E-state index in [0.29, 0.717) is 12.0 Å². The van der Waals surface area contributed by atoms with Gasteiger partial charge >= 0.3 is 8.80 Å². The summed E-state index contributed by atoms with van der Waals surface area (Å²) >= 11 is 0. The van der Waals surface area contributed by atoms with Crippen molar-refractivity contribution in [1.29, 1.82) is 0 Å². The highest BCUT2D eigenvalue weighted by Gasteiger charge is 2.39. The minimum absolute atomic E-state index is 0.211. The van der Waals surface area contributed by atoms with Crippen molar-refractivity contribution in [2.75, 3.05) is 21.3 Å². The van der Waals surface area contributed by atoms with E-state index in [0.717, 1.165) is 38.1 Å². The van der Waals surface area contributed by atoms with E-state index in [1.165, 1.54) is 0 Å². The minimum atomic E-state index is -2.46. The summed E-state index contributed by atoms with van der Waals surface area (Å²) in [5.74, 6) is 0.599. The SMILES string of the molecule is CCC(C)NC1CC(CC[Si](OC)(OC)OC)CCC1O. The number of rotatable bonds is 9. The third kappa shape index (κ3) is 5.62. The van der Waals surface area contributed by atoms with Gasteiger partial charge in [-0.15, -0.1) is 0 Å². The molecule has 0 amide bonds. The molecular weight excluding hydrogens is 286 g/mol. The molecule has 4 unspecified atom stereocenters. The Kier molecular flexibility index (Phi) is 8.37. The van der Waals surface area contributed by atoms with E-state index in [-0.39, 0.29) is 12.1 Å². The van der Waals surface area contributed by atoms with Gasteiger partial charge < -0.3 is 23.7 Å². The highest BCUT2D eigenvalue weighted by Crippen LogP contribution is 2.31. The maximum absolute atomic E-state index is 10.2. The van der Waals surface area contributed by atoms with E-state index in [1.54, 1.807) is 21.3 Å². The van der Waals surface area contributed by atoms with Crippen molar-refractivity contribution in [1.82, 2.24) is 5.32 Å². The maximum atomic E-state index is 10.2.